The molecule has 0 aromatic rings. The van der Waals surface area contributed by atoms with Crippen LogP contribution in [0.25, 0.3) is 0 Å². The lowest BCUT2D eigenvalue weighted by molar-refractivity contribution is -0.143. The topological polar surface area (TPSA) is 159 Å². The van der Waals surface area contributed by atoms with Gasteiger partial charge >= 0.3 is 11.9 Å². The van der Waals surface area contributed by atoms with Gasteiger partial charge in [-0.3, -0.25) is 14.4 Å². The summed E-state index contributed by atoms with van der Waals surface area (Å²) in [6.07, 6.45) is 1.45. The van der Waals surface area contributed by atoms with Gasteiger partial charge in [0.1, 0.15) is 12.1 Å². The predicted octanol–water partition coefficient (Wildman–Crippen LogP) is -1.08. The average Bonchev–Trinajstić information content (AvgIpc) is 2.53. The van der Waals surface area contributed by atoms with Gasteiger partial charge in [-0.1, -0.05) is 0 Å². The average molecular weight is 381 g/mol. The minimum absolute atomic E-state index is 0.0963. The molecule has 0 spiro atoms. The lowest BCUT2D eigenvalue weighted by atomic mass is 10.1. The quantitative estimate of drug-likeness (QED) is 0.233. The molecule has 3 atom stereocenters. The third-order valence-corrected chi connectivity index (χ3v) is 4.08. The fraction of sp³-hybridized carbons (Fsp3) is 0.692. The molecular weight excluding hydrogens is 358 g/mol. The monoisotopic (exact) mass is 381 g/mol. The van der Waals surface area contributed by atoms with Crippen LogP contribution in [0.15, 0.2) is 0 Å². The van der Waals surface area contributed by atoms with E-state index in [1.54, 1.807) is 0 Å². The maximum absolute atomic E-state index is 12.2. The van der Waals surface area contributed by atoms with Gasteiger partial charge in [0.15, 0.2) is 0 Å². The van der Waals surface area contributed by atoms with Gasteiger partial charge in [0.25, 0.3) is 0 Å². The van der Waals surface area contributed by atoms with Crippen LogP contribution >= 0.6 is 24.4 Å². The first-order valence-electron chi connectivity index (χ1n) is 7.13. The van der Waals surface area contributed by atoms with Crippen LogP contribution < -0.4 is 16.4 Å². The molecule has 0 fully saturated rings. The van der Waals surface area contributed by atoms with E-state index in [2.05, 4.69) is 23.3 Å². The van der Waals surface area contributed by atoms with Crippen molar-refractivity contribution in [3.05, 3.63) is 0 Å². The standard InChI is InChI=1S/C13H23N3O6S2/c1-24-5-4-8(15-11(19)7(14)6-23)12(20)16-9(13(21)22)2-3-10(17)18/h7-9,23H,2-6,14H2,1H3,(H,15,19)(H,16,20)(H,17,18)(H,21,22)/t7-,8-,9-/m0/s1. The number of thiol groups is 1. The number of hydrogen-bond donors (Lipinski definition) is 6. The van der Waals surface area contributed by atoms with Crippen LogP contribution in [0, 0.1) is 0 Å². The zero-order valence-corrected chi connectivity index (χ0v) is 14.9. The molecule has 0 saturated heterocycles. The maximum Gasteiger partial charge on any atom is 0.326 e. The summed E-state index contributed by atoms with van der Waals surface area (Å²) in [4.78, 5) is 45.8. The molecule has 0 rings (SSSR count). The molecule has 2 amide bonds. The van der Waals surface area contributed by atoms with E-state index in [0.717, 1.165) is 0 Å². The van der Waals surface area contributed by atoms with Crippen molar-refractivity contribution in [1.82, 2.24) is 10.6 Å². The molecule has 0 saturated carbocycles. The van der Waals surface area contributed by atoms with Gasteiger partial charge in [-0.2, -0.15) is 24.4 Å². The number of carbonyl (C=O) groups is 4. The van der Waals surface area contributed by atoms with E-state index >= 15 is 0 Å². The maximum atomic E-state index is 12.2. The summed E-state index contributed by atoms with van der Waals surface area (Å²) in [7, 11) is 0. The highest BCUT2D eigenvalue weighted by atomic mass is 32.2. The van der Waals surface area contributed by atoms with Gasteiger partial charge in [0.05, 0.1) is 6.04 Å². The van der Waals surface area contributed by atoms with Crippen LogP contribution in [0.4, 0.5) is 0 Å². The SMILES string of the molecule is CSCC[C@H](NC(=O)[C@@H](N)CS)C(=O)N[C@@H](CCC(=O)O)C(=O)O. The first-order chi connectivity index (χ1) is 11.2. The molecule has 0 aliphatic carbocycles. The third-order valence-electron chi connectivity index (χ3n) is 3.04. The Morgan fingerprint density at radius 3 is 2.12 bits per heavy atom. The second kappa shape index (κ2) is 12.0. The number of nitrogens with two attached hydrogens (primary N) is 1. The number of carbonyl (C=O) groups excluding carboxylic acids is 2. The summed E-state index contributed by atoms with van der Waals surface area (Å²) in [6, 6.07) is -3.19. The van der Waals surface area contributed by atoms with Crippen molar-refractivity contribution in [2.75, 3.05) is 17.8 Å². The first-order valence-corrected chi connectivity index (χ1v) is 9.16. The number of nitrogens with one attached hydrogen (secondary N) is 2. The Morgan fingerprint density at radius 2 is 1.67 bits per heavy atom. The van der Waals surface area contributed by atoms with Gasteiger partial charge < -0.3 is 26.6 Å². The van der Waals surface area contributed by atoms with Gasteiger partial charge in [0, 0.05) is 12.2 Å². The number of hydrogen-bond acceptors (Lipinski definition) is 7. The Balaban J connectivity index is 4.90. The molecule has 11 heteroatoms. The summed E-state index contributed by atoms with van der Waals surface area (Å²) in [6.45, 7) is 0. The number of thioether (sulfide) groups is 1. The van der Waals surface area contributed by atoms with E-state index in [9.17, 15) is 19.2 Å². The number of rotatable bonds is 12. The van der Waals surface area contributed by atoms with Crippen LogP contribution in [0.3, 0.4) is 0 Å². The molecule has 6 N–H and O–H groups in total. The van der Waals surface area contributed by atoms with Gasteiger partial charge in [-0.15, -0.1) is 0 Å². The largest absolute Gasteiger partial charge is 0.481 e. The molecular formula is C13H23N3O6S2. The smallest absolute Gasteiger partial charge is 0.326 e. The van der Waals surface area contributed by atoms with E-state index in [1.165, 1.54) is 11.8 Å². The van der Waals surface area contributed by atoms with Gasteiger partial charge in [0.2, 0.25) is 11.8 Å². The molecule has 0 radical (unpaired) electrons. The predicted molar refractivity (Wildman–Crippen MR) is 93.2 cm³/mol. The molecule has 9 nitrogen and oxygen atoms in total. The highest BCUT2D eigenvalue weighted by Crippen LogP contribution is 2.04. The minimum atomic E-state index is -1.35. The molecule has 138 valence electrons. The molecule has 24 heavy (non-hydrogen) atoms. The summed E-state index contributed by atoms with van der Waals surface area (Å²) in [5.41, 5.74) is 5.54. The van der Waals surface area contributed by atoms with E-state index in [4.69, 9.17) is 15.9 Å². The Labute approximate surface area is 149 Å². The zero-order chi connectivity index (χ0) is 18.7. The fourth-order valence-electron chi connectivity index (χ4n) is 1.66. The molecule has 0 aromatic heterocycles. The molecule has 0 aliphatic heterocycles. The van der Waals surface area contributed by atoms with Crippen molar-refractivity contribution in [1.29, 1.82) is 0 Å². The number of aliphatic carboxylic acids is 2. The third kappa shape index (κ3) is 8.99. The Morgan fingerprint density at radius 1 is 1.08 bits per heavy atom. The summed E-state index contributed by atoms with van der Waals surface area (Å²) in [5, 5.41) is 22.4. The number of carboxylic acids is 2. The lowest BCUT2D eigenvalue weighted by Crippen LogP contribution is -2.55. The number of carboxylic acid groups (broad SMARTS) is 2. The van der Waals surface area contributed by atoms with Gasteiger partial charge in [-0.25, -0.2) is 4.79 Å². The van der Waals surface area contributed by atoms with E-state index in [0.29, 0.717) is 5.75 Å². The summed E-state index contributed by atoms with van der Waals surface area (Å²) in [5.74, 6) is -3.11. The number of amides is 2. The van der Waals surface area contributed by atoms with Crippen LogP contribution in [-0.2, 0) is 19.2 Å². The van der Waals surface area contributed by atoms with Crippen LogP contribution in [0.5, 0.6) is 0 Å². The fourth-order valence-corrected chi connectivity index (χ4v) is 2.30. The van der Waals surface area contributed by atoms with Crippen molar-refractivity contribution in [2.45, 2.75) is 37.4 Å². The molecule has 0 heterocycles. The minimum Gasteiger partial charge on any atom is -0.481 e. The van der Waals surface area contributed by atoms with Crippen molar-refractivity contribution < 1.29 is 29.4 Å². The van der Waals surface area contributed by atoms with E-state index in [1.807, 2.05) is 6.26 Å². The second-order valence-electron chi connectivity index (χ2n) is 4.96. The normalized spacial score (nSPS) is 14.3. The zero-order valence-electron chi connectivity index (χ0n) is 13.2. The lowest BCUT2D eigenvalue weighted by Gasteiger charge is -2.22. The van der Waals surface area contributed by atoms with Gasteiger partial charge in [-0.05, 0) is 24.9 Å². The van der Waals surface area contributed by atoms with Crippen LogP contribution in [0.1, 0.15) is 19.3 Å². The van der Waals surface area contributed by atoms with E-state index in [-0.39, 0.29) is 18.6 Å². The highest BCUT2D eigenvalue weighted by Gasteiger charge is 2.27. The Bertz CT molecular complexity index is 463. The molecule has 0 aromatic carbocycles. The van der Waals surface area contributed by atoms with Crippen molar-refractivity contribution in [3.63, 3.8) is 0 Å². The second-order valence-corrected chi connectivity index (χ2v) is 6.31. The molecule has 0 bridgehead atoms. The first kappa shape index (κ1) is 22.5. The van der Waals surface area contributed by atoms with Crippen molar-refractivity contribution >= 4 is 48.1 Å². The molecule has 0 unspecified atom stereocenters. The van der Waals surface area contributed by atoms with Crippen molar-refractivity contribution in [2.24, 2.45) is 5.73 Å². The van der Waals surface area contributed by atoms with Crippen LogP contribution in [-0.4, -0.2) is 69.9 Å². The highest BCUT2D eigenvalue weighted by molar-refractivity contribution is 7.98. The van der Waals surface area contributed by atoms with Crippen molar-refractivity contribution in [3.8, 4) is 0 Å². The van der Waals surface area contributed by atoms with E-state index < -0.39 is 48.3 Å². The summed E-state index contributed by atoms with van der Waals surface area (Å²) >= 11 is 5.36. The Hall–Kier alpha value is -1.46. The Kier molecular flexibility index (Phi) is 11.3. The van der Waals surface area contributed by atoms with Crippen LogP contribution in [0.2, 0.25) is 0 Å². The summed E-state index contributed by atoms with van der Waals surface area (Å²) < 4.78 is 0. The molecule has 0 aliphatic rings.